The molecular formula is C11H22F3NS. The first kappa shape index (κ1) is 16.1. The smallest absolute Gasteiger partial charge is 0.314 e. The summed E-state index contributed by atoms with van der Waals surface area (Å²) >= 11 is 0.0823. The first-order chi connectivity index (χ1) is 7.18. The molecule has 98 valence electrons. The summed E-state index contributed by atoms with van der Waals surface area (Å²) in [6.45, 7) is 8.93. The van der Waals surface area contributed by atoms with Crippen molar-refractivity contribution in [3.63, 3.8) is 0 Å². The summed E-state index contributed by atoms with van der Waals surface area (Å²) in [5.74, 6) is 0.146. The van der Waals surface area contributed by atoms with Crippen LogP contribution in [0.25, 0.3) is 0 Å². The van der Waals surface area contributed by atoms with Gasteiger partial charge in [-0.05, 0) is 18.3 Å². The van der Waals surface area contributed by atoms with Crippen molar-refractivity contribution in [1.82, 2.24) is 5.32 Å². The molecule has 0 aliphatic rings. The minimum absolute atomic E-state index is 0.0392. The van der Waals surface area contributed by atoms with Gasteiger partial charge in [-0.15, -0.1) is 0 Å². The number of alkyl halides is 3. The zero-order chi connectivity index (χ0) is 12.8. The van der Waals surface area contributed by atoms with Gasteiger partial charge in [0.15, 0.2) is 0 Å². The van der Waals surface area contributed by atoms with Gasteiger partial charge >= 0.3 is 5.51 Å². The van der Waals surface area contributed by atoms with E-state index >= 15 is 0 Å². The molecule has 0 aliphatic heterocycles. The van der Waals surface area contributed by atoms with Gasteiger partial charge in [-0.2, -0.15) is 13.2 Å². The molecule has 0 aromatic heterocycles. The minimum Gasteiger partial charge on any atom is -0.314 e. The number of hydrogen-bond donors (Lipinski definition) is 1. The summed E-state index contributed by atoms with van der Waals surface area (Å²) < 4.78 is 36.0. The third-order valence-corrected chi connectivity index (χ3v) is 3.50. The van der Waals surface area contributed by atoms with E-state index in [-0.39, 0.29) is 22.9 Å². The third kappa shape index (κ3) is 8.28. The van der Waals surface area contributed by atoms with Crippen molar-refractivity contribution in [1.29, 1.82) is 0 Å². The SMILES string of the molecule is CCC(C)(CCSC(F)(F)F)CNC(C)C. The van der Waals surface area contributed by atoms with E-state index in [1.165, 1.54) is 0 Å². The van der Waals surface area contributed by atoms with Crippen molar-refractivity contribution < 1.29 is 13.2 Å². The molecule has 0 amide bonds. The Bertz CT molecular complexity index is 194. The molecule has 1 atom stereocenters. The first-order valence-electron chi connectivity index (χ1n) is 5.62. The van der Waals surface area contributed by atoms with Gasteiger partial charge in [0, 0.05) is 18.3 Å². The third-order valence-electron chi connectivity index (χ3n) is 2.76. The standard InChI is InChI=1S/C11H22F3NS/c1-5-10(4,8-15-9(2)3)6-7-16-11(12,13)14/h9,15H,5-8H2,1-4H3. The summed E-state index contributed by atoms with van der Waals surface area (Å²) in [4.78, 5) is 0. The second-order valence-electron chi connectivity index (χ2n) is 4.74. The number of rotatable bonds is 7. The molecule has 0 aliphatic carbocycles. The highest BCUT2D eigenvalue weighted by molar-refractivity contribution is 8.00. The fourth-order valence-corrected chi connectivity index (χ4v) is 2.08. The van der Waals surface area contributed by atoms with E-state index in [9.17, 15) is 13.2 Å². The van der Waals surface area contributed by atoms with Gasteiger partial charge in [-0.1, -0.05) is 39.5 Å². The molecule has 1 unspecified atom stereocenters. The van der Waals surface area contributed by atoms with Crippen molar-refractivity contribution in [3.05, 3.63) is 0 Å². The zero-order valence-corrected chi connectivity index (χ0v) is 11.3. The average Bonchev–Trinajstić information content (AvgIpc) is 2.13. The fraction of sp³-hybridized carbons (Fsp3) is 1.00. The van der Waals surface area contributed by atoms with Gasteiger partial charge in [0.1, 0.15) is 0 Å². The van der Waals surface area contributed by atoms with Gasteiger partial charge in [-0.25, -0.2) is 0 Å². The van der Waals surface area contributed by atoms with Gasteiger partial charge < -0.3 is 5.32 Å². The van der Waals surface area contributed by atoms with Crippen molar-refractivity contribution in [2.24, 2.45) is 5.41 Å². The molecule has 1 N–H and O–H groups in total. The summed E-state index contributed by atoms with van der Waals surface area (Å²) in [5.41, 5.74) is -4.14. The first-order valence-corrected chi connectivity index (χ1v) is 6.61. The minimum atomic E-state index is -4.10. The van der Waals surface area contributed by atoms with E-state index in [0.717, 1.165) is 13.0 Å². The van der Waals surface area contributed by atoms with Gasteiger partial charge in [0.25, 0.3) is 0 Å². The molecule has 0 spiro atoms. The normalized spacial score (nSPS) is 16.5. The van der Waals surface area contributed by atoms with E-state index in [1.807, 2.05) is 27.7 Å². The van der Waals surface area contributed by atoms with E-state index in [1.54, 1.807) is 0 Å². The highest BCUT2D eigenvalue weighted by Gasteiger charge is 2.30. The van der Waals surface area contributed by atoms with Crippen LogP contribution in [0.15, 0.2) is 0 Å². The molecular weight excluding hydrogens is 235 g/mol. The highest BCUT2D eigenvalue weighted by Crippen LogP contribution is 2.34. The number of thioether (sulfide) groups is 1. The molecule has 0 saturated heterocycles. The Labute approximate surface area is 101 Å². The molecule has 0 aromatic carbocycles. The number of nitrogens with one attached hydrogen (secondary N) is 1. The summed E-state index contributed by atoms with van der Waals surface area (Å²) in [6, 6.07) is 0.376. The summed E-state index contributed by atoms with van der Waals surface area (Å²) in [6.07, 6.45) is 1.48. The Balaban J connectivity index is 3.97. The summed E-state index contributed by atoms with van der Waals surface area (Å²) in [7, 11) is 0. The predicted octanol–water partition coefficient (Wildman–Crippen LogP) is 4.04. The van der Waals surface area contributed by atoms with Gasteiger partial charge in [-0.3, -0.25) is 0 Å². The Morgan fingerprint density at radius 3 is 2.19 bits per heavy atom. The molecule has 0 saturated carbocycles. The van der Waals surface area contributed by atoms with Crippen LogP contribution < -0.4 is 5.32 Å². The van der Waals surface area contributed by atoms with Crippen LogP contribution in [0.5, 0.6) is 0 Å². The van der Waals surface area contributed by atoms with Crippen LogP contribution in [0.4, 0.5) is 13.2 Å². The lowest BCUT2D eigenvalue weighted by Gasteiger charge is -2.29. The lowest BCUT2D eigenvalue weighted by molar-refractivity contribution is -0.0329. The maximum atomic E-state index is 12.0. The van der Waals surface area contributed by atoms with E-state index < -0.39 is 5.51 Å². The quantitative estimate of drug-likeness (QED) is 0.738. The van der Waals surface area contributed by atoms with Crippen molar-refractivity contribution >= 4 is 11.8 Å². The Kier molecular flexibility index (Phi) is 6.79. The number of halogens is 3. The summed E-state index contributed by atoms with van der Waals surface area (Å²) in [5, 5.41) is 3.29. The topological polar surface area (TPSA) is 12.0 Å². The Hall–Kier alpha value is 0.1000. The largest absolute Gasteiger partial charge is 0.441 e. The second kappa shape index (κ2) is 6.74. The van der Waals surface area contributed by atoms with Crippen LogP contribution in [-0.4, -0.2) is 23.8 Å². The van der Waals surface area contributed by atoms with Crippen LogP contribution in [-0.2, 0) is 0 Å². The zero-order valence-electron chi connectivity index (χ0n) is 10.4. The van der Waals surface area contributed by atoms with E-state index in [0.29, 0.717) is 12.5 Å². The average molecular weight is 257 g/mol. The molecule has 16 heavy (non-hydrogen) atoms. The lowest BCUT2D eigenvalue weighted by atomic mass is 9.84. The monoisotopic (exact) mass is 257 g/mol. The molecule has 0 aromatic rings. The number of hydrogen-bond acceptors (Lipinski definition) is 2. The van der Waals surface area contributed by atoms with Crippen molar-refractivity contribution in [2.45, 2.75) is 52.1 Å². The van der Waals surface area contributed by atoms with Crippen LogP contribution in [0.1, 0.15) is 40.5 Å². The maximum absolute atomic E-state index is 12.0. The van der Waals surface area contributed by atoms with Gasteiger partial charge in [0.2, 0.25) is 0 Å². The molecule has 0 fully saturated rings. The molecule has 1 nitrogen and oxygen atoms in total. The van der Waals surface area contributed by atoms with Crippen LogP contribution in [0, 0.1) is 5.41 Å². The Morgan fingerprint density at radius 1 is 1.25 bits per heavy atom. The Morgan fingerprint density at radius 2 is 1.81 bits per heavy atom. The van der Waals surface area contributed by atoms with Crippen molar-refractivity contribution in [3.8, 4) is 0 Å². The predicted molar refractivity (Wildman–Crippen MR) is 64.7 cm³/mol. The maximum Gasteiger partial charge on any atom is 0.441 e. The van der Waals surface area contributed by atoms with Crippen LogP contribution in [0.3, 0.4) is 0 Å². The molecule has 5 heteroatoms. The molecule has 0 heterocycles. The van der Waals surface area contributed by atoms with Crippen LogP contribution >= 0.6 is 11.8 Å². The van der Waals surface area contributed by atoms with E-state index in [4.69, 9.17) is 0 Å². The molecule has 0 rings (SSSR count). The van der Waals surface area contributed by atoms with Gasteiger partial charge in [0.05, 0.1) is 0 Å². The second-order valence-corrected chi connectivity index (χ2v) is 5.90. The van der Waals surface area contributed by atoms with Crippen LogP contribution in [0.2, 0.25) is 0 Å². The van der Waals surface area contributed by atoms with Crippen molar-refractivity contribution in [2.75, 3.05) is 12.3 Å². The van der Waals surface area contributed by atoms with E-state index in [2.05, 4.69) is 5.32 Å². The fourth-order valence-electron chi connectivity index (χ4n) is 1.25. The highest BCUT2D eigenvalue weighted by atomic mass is 32.2. The molecule has 0 radical (unpaired) electrons. The molecule has 0 bridgehead atoms. The lowest BCUT2D eigenvalue weighted by Crippen LogP contribution is -2.35.